The van der Waals surface area contributed by atoms with Crippen molar-refractivity contribution in [2.24, 2.45) is 5.73 Å². The molecule has 1 aliphatic heterocycles. The normalized spacial score (nSPS) is 18.1. The predicted molar refractivity (Wildman–Crippen MR) is 117 cm³/mol. The number of nitrogens with one attached hydrogen (secondary N) is 2. The molecule has 11 nitrogen and oxygen atoms in total. The van der Waals surface area contributed by atoms with Crippen LogP contribution in [-0.2, 0) is 30.4 Å². The van der Waals surface area contributed by atoms with Crippen LogP contribution >= 0.6 is 0 Å². The quantitative estimate of drug-likeness (QED) is 0.291. The fraction of sp³-hybridized carbons (Fsp3) is 0.500. The van der Waals surface area contributed by atoms with Crippen LogP contribution in [0.1, 0.15) is 38.2 Å². The highest BCUT2D eigenvalue weighted by Gasteiger charge is 2.37. The summed E-state index contributed by atoms with van der Waals surface area (Å²) in [6, 6.07) is 4.52. The lowest BCUT2D eigenvalue weighted by Crippen LogP contribution is -2.56. The van der Waals surface area contributed by atoms with E-state index in [9.17, 15) is 29.1 Å². The van der Waals surface area contributed by atoms with Crippen molar-refractivity contribution in [1.29, 1.82) is 0 Å². The lowest BCUT2D eigenvalue weighted by molar-refractivity contribution is -0.143. The third kappa shape index (κ3) is 7.56. The minimum absolute atomic E-state index is 0.0147. The van der Waals surface area contributed by atoms with Gasteiger partial charge in [0.1, 0.15) is 18.1 Å². The van der Waals surface area contributed by atoms with Gasteiger partial charge < -0.3 is 31.5 Å². The first-order valence-electron chi connectivity index (χ1n) is 10.8. The van der Waals surface area contributed by atoms with Crippen molar-refractivity contribution in [3.63, 3.8) is 0 Å². The predicted octanol–water partition coefficient (Wildman–Crippen LogP) is -0.514. The number of carbonyl (C=O) groups excluding carboxylic acids is 3. The van der Waals surface area contributed by atoms with E-state index in [0.29, 0.717) is 24.9 Å². The molecule has 0 radical (unpaired) electrons. The van der Waals surface area contributed by atoms with Crippen molar-refractivity contribution >= 4 is 29.7 Å². The first-order valence-corrected chi connectivity index (χ1v) is 10.8. The first kappa shape index (κ1) is 25.8. The number of likely N-dealkylation sites (tertiary alicyclic amines) is 1. The Morgan fingerprint density at radius 3 is 2.33 bits per heavy atom. The molecule has 1 heterocycles. The molecule has 33 heavy (non-hydrogen) atoms. The van der Waals surface area contributed by atoms with E-state index in [1.54, 1.807) is 30.3 Å². The van der Waals surface area contributed by atoms with Crippen LogP contribution in [0.4, 0.5) is 0 Å². The standard InChI is InChI=1S/C22H30N4O7/c1-13(23)21(31)26-11-5-8-17(26)20(30)24-15(9-10-18(27)28)19(29)25-16(22(32)33)12-14-6-3-2-4-7-14/h2-4,6-7,13,15-17H,5,8-12,23H2,1H3,(H,24,30)(H,25,29)(H,27,28)(H,32,33). The lowest BCUT2D eigenvalue weighted by Gasteiger charge is -2.28. The molecule has 180 valence electrons. The Labute approximate surface area is 191 Å². The largest absolute Gasteiger partial charge is 0.481 e. The van der Waals surface area contributed by atoms with Crippen molar-refractivity contribution < 1.29 is 34.2 Å². The van der Waals surface area contributed by atoms with E-state index in [2.05, 4.69) is 10.6 Å². The van der Waals surface area contributed by atoms with Gasteiger partial charge in [0.05, 0.1) is 6.04 Å². The van der Waals surface area contributed by atoms with E-state index < -0.39 is 60.2 Å². The molecule has 0 spiro atoms. The molecule has 4 unspecified atom stereocenters. The number of nitrogens with two attached hydrogens (primary N) is 1. The Kier molecular flexibility index (Phi) is 9.34. The van der Waals surface area contributed by atoms with Gasteiger partial charge in [0, 0.05) is 19.4 Å². The van der Waals surface area contributed by atoms with Crippen LogP contribution in [-0.4, -0.2) is 75.5 Å². The molecule has 0 saturated carbocycles. The summed E-state index contributed by atoms with van der Waals surface area (Å²) in [5.74, 6) is -4.25. The van der Waals surface area contributed by atoms with Gasteiger partial charge in [-0.3, -0.25) is 19.2 Å². The van der Waals surface area contributed by atoms with Crippen molar-refractivity contribution in [2.75, 3.05) is 6.54 Å². The second kappa shape index (κ2) is 12.0. The first-order chi connectivity index (χ1) is 15.6. The Morgan fingerprint density at radius 2 is 1.76 bits per heavy atom. The van der Waals surface area contributed by atoms with Gasteiger partial charge in [-0.2, -0.15) is 0 Å². The molecule has 1 fully saturated rings. The van der Waals surface area contributed by atoms with Crippen LogP contribution in [0.25, 0.3) is 0 Å². The molecule has 1 aliphatic rings. The summed E-state index contributed by atoms with van der Waals surface area (Å²) in [6.07, 6.45) is 0.325. The van der Waals surface area contributed by atoms with Crippen LogP contribution in [0, 0.1) is 0 Å². The van der Waals surface area contributed by atoms with Gasteiger partial charge in [0.2, 0.25) is 17.7 Å². The monoisotopic (exact) mass is 462 g/mol. The topological polar surface area (TPSA) is 179 Å². The smallest absolute Gasteiger partial charge is 0.326 e. The maximum atomic E-state index is 12.9. The number of benzene rings is 1. The van der Waals surface area contributed by atoms with E-state index in [1.165, 1.54) is 11.8 Å². The second-order valence-electron chi connectivity index (χ2n) is 8.06. The van der Waals surface area contributed by atoms with Gasteiger partial charge in [0.25, 0.3) is 0 Å². The van der Waals surface area contributed by atoms with Gasteiger partial charge in [-0.25, -0.2) is 4.79 Å². The molecular weight excluding hydrogens is 432 g/mol. The second-order valence-corrected chi connectivity index (χ2v) is 8.06. The lowest BCUT2D eigenvalue weighted by atomic mass is 10.0. The third-order valence-electron chi connectivity index (χ3n) is 5.41. The maximum Gasteiger partial charge on any atom is 0.326 e. The Bertz CT molecular complexity index is 875. The number of aliphatic carboxylic acids is 2. The number of nitrogens with zero attached hydrogens (tertiary/aromatic N) is 1. The molecule has 1 aromatic carbocycles. The number of hydrogen-bond acceptors (Lipinski definition) is 6. The Hall–Kier alpha value is -3.47. The molecule has 0 bridgehead atoms. The average Bonchev–Trinajstić information content (AvgIpc) is 3.25. The van der Waals surface area contributed by atoms with Gasteiger partial charge in [-0.05, 0) is 31.7 Å². The Morgan fingerprint density at radius 1 is 1.09 bits per heavy atom. The van der Waals surface area contributed by atoms with Gasteiger partial charge in [-0.1, -0.05) is 30.3 Å². The van der Waals surface area contributed by atoms with Gasteiger partial charge in [0.15, 0.2) is 0 Å². The zero-order chi connectivity index (χ0) is 24.5. The van der Waals surface area contributed by atoms with E-state index in [1.807, 2.05) is 0 Å². The van der Waals surface area contributed by atoms with E-state index in [0.717, 1.165) is 0 Å². The number of rotatable bonds is 11. The molecule has 4 atom stereocenters. The summed E-state index contributed by atoms with van der Waals surface area (Å²) in [5, 5.41) is 23.5. The van der Waals surface area contributed by atoms with Crippen LogP contribution in [0.2, 0.25) is 0 Å². The summed E-state index contributed by atoms with van der Waals surface area (Å²) in [6.45, 7) is 1.86. The third-order valence-corrected chi connectivity index (χ3v) is 5.41. The van der Waals surface area contributed by atoms with Gasteiger partial charge >= 0.3 is 11.9 Å². The molecule has 0 aromatic heterocycles. The van der Waals surface area contributed by atoms with Crippen molar-refractivity contribution in [1.82, 2.24) is 15.5 Å². The molecule has 1 saturated heterocycles. The van der Waals surface area contributed by atoms with Crippen LogP contribution in [0.15, 0.2) is 30.3 Å². The zero-order valence-electron chi connectivity index (χ0n) is 18.4. The summed E-state index contributed by atoms with van der Waals surface area (Å²) >= 11 is 0. The zero-order valence-corrected chi connectivity index (χ0v) is 18.4. The average molecular weight is 463 g/mol. The molecule has 11 heteroatoms. The van der Waals surface area contributed by atoms with Crippen LogP contribution in [0.3, 0.4) is 0 Å². The number of hydrogen-bond donors (Lipinski definition) is 5. The minimum Gasteiger partial charge on any atom is -0.481 e. The van der Waals surface area contributed by atoms with E-state index >= 15 is 0 Å². The maximum absolute atomic E-state index is 12.9. The summed E-state index contributed by atoms with van der Waals surface area (Å²) in [4.78, 5) is 62.1. The molecule has 0 aliphatic carbocycles. The van der Waals surface area contributed by atoms with Crippen molar-refractivity contribution in [2.45, 2.75) is 63.2 Å². The molecule has 3 amide bonds. The summed E-state index contributed by atoms with van der Waals surface area (Å²) in [5.41, 5.74) is 6.33. The van der Waals surface area contributed by atoms with Crippen LogP contribution < -0.4 is 16.4 Å². The highest BCUT2D eigenvalue weighted by molar-refractivity contribution is 5.94. The van der Waals surface area contributed by atoms with E-state index in [-0.39, 0.29) is 12.8 Å². The highest BCUT2D eigenvalue weighted by Crippen LogP contribution is 2.19. The Balaban J connectivity index is 2.12. The molecule has 1 aromatic rings. The number of carboxylic acid groups (broad SMARTS) is 2. The fourth-order valence-corrected chi connectivity index (χ4v) is 3.69. The van der Waals surface area contributed by atoms with Crippen molar-refractivity contribution in [3.05, 3.63) is 35.9 Å². The molecular formula is C22H30N4O7. The summed E-state index contributed by atoms with van der Waals surface area (Å²) in [7, 11) is 0. The minimum atomic E-state index is -1.28. The number of amides is 3. The van der Waals surface area contributed by atoms with Crippen molar-refractivity contribution in [3.8, 4) is 0 Å². The van der Waals surface area contributed by atoms with Gasteiger partial charge in [-0.15, -0.1) is 0 Å². The van der Waals surface area contributed by atoms with Crippen LogP contribution in [0.5, 0.6) is 0 Å². The molecule has 6 N–H and O–H groups in total. The fourth-order valence-electron chi connectivity index (χ4n) is 3.69. The molecule has 2 rings (SSSR count). The van der Waals surface area contributed by atoms with E-state index in [4.69, 9.17) is 10.8 Å². The number of carboxylic acids is 2. The SMILES string of the molecule is CC(N)C(=O)N1CCCC1C(=O)NC(CCC(=O)O)C(=O)NC(Cc1ccccc1)C(=O)O. The summed E-state index contributed by atoms with van der Waals surface area (Å²) < 4.78 is 0. The highest BCUT2D eigenvalue weighted by atomic mass is 16.4. The number of carbonyl (C=O) groups is 5.